The second-order valence-electron chi connectivity index (χ2n) is 9.02. The van der Waals surface area contributed by atoms with E-state index in [0.29, 0.717) is 35.2 Å². The first-order valence-electron chi connectivity index (χ1n) is 11.7. The summed E-state index contributed by atoms with van der Waals surface area (Å²) in [6.45, 7) is 5.18. The Morgan fingerprint density at radius 2 is 1.70 bits per heavy atom. The summed E-state index contributed by atoms with van der Waals surface area (Å²) in [7, 11) is 1.56. The Balaban J connectivity index is 1.64. The second kappa shape index (κ2) is 10.9. The minimum atomic E-state index is -3.85. The van der Waals surface area contributed by atoms with Gasteiger partial charge in [0, 0.05) is 24.3 Å². The van der Waals surface area contributed by atoms with E-state index in [1.807, 2.05) is 32.0 Å². The fourth-order valence-corrected chi connectivity index (χ4v) is 5.83. The van der Waals surface area contributed by atoms with Crippen molar-refractivity contribution in [1.29, 1.82) is 0 Å². The highest BCUT2D eigenvalue weighted by Gasteiger charge is 2.23. The maximum absolute atomic E-state index is 13.7. The van der Waals surface area contributed by atoms with Gasteiger partial charge in [-0.2, -0.15) is 0 Å². The molecule has 1 heterocycles. The van der Waals surface area contributed by atoms with Gasteiger partial charge < -0.3 is 9.64 Å². The van der Waals surface area contributed by atoms with Gasteiger partial charge in [-0.05, 0) is 93.7 Å². The van der Waals surface area contributed by atoms with Crippen molar-refractivity contribution in [3.63, 3.8) is 0 Å². The molecule has 0 saturated heterocycles. The van der Waals surface area contributed by atoms with Crippen molar-refractivity contribution in [2.45, 2.75) is 18.7 Å². The van der Waals surface area contributed by atoms with Crippen LogP contribution in [0.1, 0.15) is 21.5 Å². The Morgan fingerprint density at radius 3 is 2.38 bits per heavy atom. The van der Waals surface area contributed by atoms with Gasteiger partial charge in [0.1, 0.15) is 5.75 Å². The average Bonchev–Trinajstić information content (AvgIpc) is 3.26. The number of carbonyl (C=O) groups is 1. The third-order valence-electron chi connectivity index (χ3n) is 5.97. The predicted molar refractivity (Wildman–Crippen MR) is 150 cm³/mol. The van der Waals surface area contributed by atoms with Crippen molar-refractivity contribution >= 4 is 48.3 Å². The molecule has 1 amide bonds. The zero-order chi connectivity index (χ0) is 26.7. The Bertz CT molecular complexity index is 1490. The van der Waals surface area contributed by atoms with Crippen LogP contribution in [0.15, 0.2) is 65.6 Å². The molecule has 0 fully saturated rings. The molecule has 1 N–H and O–H groups in total. The first kappa shape index (κ1) is 26.6. The maximum atomic E-state index is 13.7. The summed E-state index contributed by atoms with van der Waals surface area (Å²) in [6.07, 6.45) is 0. The Morgan fingerprint density at radius 1 is 1.00 bits per heavy atom. The van der Waals surface area contributed by atoms with Crippen molar-refractivity contribution in [3.8, 4) is 5.75 Å². The van der Waals surface area contributed by atoms with Crippen LogP contribution in [0.25, 0.3) is 10.2 Å². The third-order valence-corrected chi connectivity index (χ3v) is 8.41. The van der Waals surface area contributed by atoms with Crippen molar-refractivity contribution in [2.75, 3.05) is 43.9 Å². The van der Waals surface area contributed by atoms with E-state index in [0.717, 1.165) is 15.8 Å². The van der Waals surface area contributed by atoms with Gasteiger partial charge in [-0.25, -0.2) is 13.4 Å². The van der Waals surface area contributed by atoms with Crippen molar-refractivity contribution in [3.05, 3.63) is 77.4 Å². The predicted octanol–water partition coefficient (Wildman–Crippen LogP) is 4.93. The lowest BCUT2D eigenvalue weighted by Gasteiger charge is -2.22. The standard InChI is InChI=1S/C27H30N4O4S2/c1-18-15-24-25(16-19(18)2)36-27(28-24)31(14-13-30(3)4)26(32)20-7-6-8-21(17-20)29-37(33,34)23-11-9-22(35-5)10-12-23/h6-12,15-17,29H,13-14H2,1-5H3. The summed E-state index contributed by atoms with van der Waals surface area (Å²) in [4.78, 5) is 22.2. The van der Waals surface area contributed by atoms with Crippen LogP contribution >= 0.6 is 11.3 Å². The molecule has 1 aromatic heterocycles. The lowest BCUT2D eigenvalue weighted by Crippen LogP contribution is -2.36. The quantitative estimate of drug-likeness (QED) is 0.325. The fraction of sp³-hybridized carbons (Fsp3) is 0.259. The van der Waals surface area contributed by atoms with E-state index in [4.69, 9.17) is 9.72 Å². The number of anilines is 2. The van der Waals surface area contributed by atoms with Crippen molar-refractivity contribution in [2.24, 2.45) is 0 Å². The Kier molecular flexibility index (Phi) is 7.82. The van der Waals surface area contributed by atoms with Crippen LogP contribution < -0.4 is 14.4 Å². The van der Waals surface area contributed by atoms with Gasteiger partial charge in [0.25, 0.3) is 15.9 Å². The fourth-order valence-electron chi connectivity index (χ4n) is 3.71. The van der Waals surface area contributed by atoms with Crippen LogP contribution in [-0.4, -0.2) is 58.5 Å². The number of hydrogen-bond donors (Lipinski definition) is 1. The van der Waals surface area contributed by atoms with Crippen LogP contribution in [0.4, 0.5) is 10.8 Å². The Hall–Kier alpha value is -3.47. The summed E-state index contributed by atoms with van der Waals surface area (Å²) in [5.41, 5.74) is 3.83. The van der Waals surface area contributed by atoms with Gasteiger partial charge in [-0.1, -0.05) is 17.4 Å². The minimum absolute atomic E-state index is 0.0951. The van der Waals surface area contributed by atoms with Crippen LogP contribution in [0, 0.1) is 13.8 Å². The molecule has 0 aliphatic rings. The van der Waals surface area contributed by atoms with E-state index in [1.165, 1.54) is 36.1 Å². The summed E-state index contributed by atoms with van der Waals surface area (Å²) in [6, 6.07) is 16.7. The largest absolute Gasteiger partial charge is 0.497 e. The highest BCUT2D eigenvalue weighted by Crippen LogP contribution is 2.32. The van der Waals surface area contributed by atoms with E-state index in [9.17, 15) is 13.2 Å². The molecule has 0 atom stereocenters. The molecule has 0 aliphatic carbocycles. The van der Waals surface area contributed by atoms with Crippen molar-refractivity contribution < 1.29 is 17.9 Å². The van der Waals surface area contributed by atoms with E-state index in [-0.39, 0.29) is 10.8 Å². The monoisotopic (exact) mass is 538 g/mol. The number of amides is 1. The summed E-state index contributed by atoms with van der Waals surface area (Å²) < 4.78 is 34.5. The van der Waals surface area contributed by atoms with Crippen LogP contribution in [0.5, 0.6) is 5.75 Å². The van der Waals surface area contributed by atoms with Gasteiger partial charge in [-0.3, -0.25) is 14.4 Å². The molecule has 8 nitrogen and oxygen atoms in total. The number of aromatic nitrogens is 1. The maximum Gasteiger partial charge on any atom is 0.261 e. The van der Waals surface area contributed by atoms with Crippen LogP contribution in [0.2, 0.25) is 0 Å². The summed E-state index contributed by atoms with van der Waals surface area (Å²) in [5, 5.41) is 0.607. The second-order valence-corrected chi connectivity index (χ2v) is 11.7. The lowest BCUT2D eigenvalue weighted by molar-refractivity contribution is 0.0985. The number of aryl methyl sites for hydroxylation is 2. The molecule has 4 rings (SSSR count). The molecule has 0 spiro atoms. The molecule has 0 saturated carbocycles. The normalized spacial score (nSPS) is 11.6. The summed E-state index contributed by atoms with van der Waals surface area (Å²) in [5.74, 6) is 0.310. The van der Waals surface area contributed by atoms with Gasteiger partial charge in [0.2, 0.25) is 0 Å². The molecule has 10 heteroatoms. The van der Waals surface area contributed by atoms with Gasteiger partial charge in [0.05, 0.1) is 22.2 Å². The smallest absolute Gasteiger partial charge is 0.261 e. The molecule has 0 aliphatic heterocycles. The molecule has 0 unspecified atom stereocenters. The number of fused-ring (bicyclic) bond motifs is 1. The van der Waals surface area contributed by atoms with E-state index in [2.05, 4.69) is 17.7 Å². The van der Waals surface area contributed by atoms with Gasteiger partial charge >= 0.3 is 0 Å². The number of thiazole rings is 1. The molecule has 4 aromatic rings. The zero-order valence-corrected chi connectivity index (χ0v) is 23.1. The average molecular weight is 539 g/mol. The number of hydrogen-bond acceptors (Lipinski definition) is 7. The SMILES string of the molecule is COc1ccc(S(=O)(=O)Nc2cccc(C(=O)N(CCN(C)C)c3nc4cc(C)c(C)cc4s3)c2)cc1. The molecular formula is C27H30N4O4S2. The number of nitrogens with one attached hydrogen (secondary N) is 1. The molecule has 37 heavy (non-hydrogen) atoms. The molecule has 3 aromatic carbocycles. The first-order valence-corrected chi connectivity index (χ1v) is 14.0. The lowest BCUT2D eigenvalue weighted by atomic mass is 10.1. The topological polar surface area (TPSA) is 91.8 Å². The number of benzene rings is 3. The van der Waals surface area contributed by atoms with Crippen LogP contribution in [-0.2, 0) is 10.0 Å². The summed E-state index contributed by atoms with van der Waals surface area (Å²) >= 11 is 1.47. The van der Waals surface area contributed by atoms with E-state index < -0.39 is 10.0 Å². The highest BCUT2D eigenvalue weighted by molar-refractivity contribution is 7.92. The molecule has 194 valence electrons. The minimum Gasteiger partial charge on any atom is -0.497 e. The van der Waals surface area contributed by atoms with Gasteiger partial charge in [-0.15, -0.1) is 0 Å². The number of nitrogens with zero attached hydrogens (tertiary/aromatic N) is 3. The molecule has 0 radical (unpaired) electrons. The zero-order valence-electron chi connectivity index (χ0n) is 21.5. The molecular weight excluding hydrogens is 508 g/mol. The van der Waals surface area contributed by atoms with E-state index >= 15 is 0 Å². The number of methoxy groups -OCH3 is 1. The number of rotatable bonds is 9. The number of ether oxygens (including phenoxy) is 1. The number of carbonyl (C=O) groups excluding carboxylic acids is 1. The third kappa shape index (κ3) is 6.10. The number of sulfonamides is 1. The van der Waals surface area contributed by atoms with Crippen LogP contribution in [0.3, 0.4) is 0 Å². The number of likely N-dealkylation sites (N-methyl/N-ethyl adjacent to an activating group) is 1. The Labute approximate surface area is 221 Å². The van der Waals surface area contributed by atoms with Gasteiger partial charge in [0.15, 0.2) is 5.13 Å². The molecule has 0 bridgehead atoms. The van der Waals surface area contributed by atoms with E-state index in [1.54, 1.807) is 41.3 Å². The first-order chi connectivity index (χ1) is 17.6. The highest BCUT2D eigenvalue weighted by atomic mass is 32.2. The van der Waals surface area contributed by atoms with Crippen molar-refractivity contribution in [1.82, 2.24) is 9.88 Å².